The van der Waals surface area contributed by atoms with Crippen molar-refractivity contribution in [2.45, 2.75) is 69.1 Å². The molecule has 0 aromatic rings. The summed E-state index contributed by atoms with van der Waals surface area (Å²) in [5.74, 6) is -2.99. The zero-order valence-electron chi connectivity index (χ0n) is 24.0. The van der Waals surface area contributed by atoms with E-state index in [1.807, 2.05) is 6.26 Å². The van der Waals surface area contributed by atoms with Gasteiger partial charge in [0.2, 0.25) is 17.7 Å². The molecular formula is C23H47N13O5S. The van der Waals surface area contributed by atoms with Crippen molar-refractivity contribution in [1.82, 2.24) is 16.0 Å². The number of hydrogen-bond acceptors (Lipinski definition) is 9. The molecule has 0 aliphatic carbocycles. The Morgan fingerprint density at radius 2 is 1.00 bits per heavy atom. The number of hydrogen-bond donors (Lipinski definition) is 11. The van der Waals surface area contributed by atoms with E-state index in [1.165, 1.54) is 11.8 Å². The minimum absolute atomic E-state index is 0.0317. The van der Waals surface area contributed by atoms with Gasteiger partial charge in [0, 0.05) is 19.6 Å². The van der Waals surface area contributed by atoms with Gasteiger partial charge in [0.05, 0.1) is 6.04 Å². The predicted molar refractivity (Wildman–Crippen MR) is 164 cm³/mol. The van der Waals surface area contributed by atoms with E-state index in [4.69, 9.17) is 40.1 Å². The van der Waals surface area contributed by atoms with Gasteiger partial charge in [-0.25, -0.2) is 4.79 Å². The maximum atomic E-state index is 13.3. The molecule has 19 heteroatoms. The van der Waals surface area contributed by atoms with E-state index in [0.717, 1.165) is 0 Å². The number of aliphatic carboxylic acids is 1. The van der Waals surface area contributed by atoms with Crippen LogP contribution in [0.3, 0.4) is 0 Å². The van der Waals surface area contributed by atoms with Crippen molar-refractivity contribution in [3.8, 4) is 0 Å². The van der Waals surface area contributed by atoms with Gasteiger partial charge in [0.25, 0.3) is 0 Å². The Hall–Kier alpha value is -4.00. The molecule has 4 unspecified atom stereocenters. The van der Waals surface area contributed by atoms with Crippen molar-refractivity contribution in [1.29, 1.82) is 0 Å². The third-order valence-electron chi connectivity index (χ3n) is 5.69. The molecule has 18 nitrogen and oxygen atoms in total. The van der Waals surface area contributed by atoms with Crippen LogP contribution in [-0.2, 0) is 19.2 Å². The average molecular weight is 618 g/mol. The van der Waals surface area contributed by atoms with Crippen molar-refractivity contribution in [3.63, 3.8) is 0 Å². The van der Waals surface area contributed by atoms with E-state index in [2.05, 4.69) is 30.9 Å². The van der Waals surface area contributed by atoms with E-state index < -0.39 is 47.9 Å². The molecule has 0 heterocycles. The summed E-state index contributed by atoms with van der Waals surface area (Å²) in [6, 6.07) is -4.36. The van der Waals surface area contributed by atoms with Crippen LogP contribution in [0.25, 0.3) is 0 Å². The summed E-state index contributed by atoms with van der Waals surface area (Å²) in [5.41, 5.74) is 37.9. The van der Waals surface area contributed by atoms with Gasteiger partial charge in [-0.15, -0.1) is 0 Å². The van der Waals surface area contributed by atoms with Gasteiger partial charge in [-0.3, -0.25) is 29.4 Å². The van der Waals surface area contributed by atoms with Crippen LogP contribution in [0.1, 0.15) is 44.9 Å². The summed E-state index contributed by atoms with van der Waals surface area (Å²) in [6.45, 7) is 0.524. The molecule has 0 rings (SSSR count). The van der Waals surface area contributed by atoms with Crippen molar-refractivity contribution >= 4 is 53.3 Å². The highest BCUT2D eigenvalue weighted by molar-refractivity contribution is 7.98. The number of nitrogens with two attached hydrogens (primary N) is 7. The van der Waals surface area contributed by atoms with E-state index in [0.29, 0.717) is 18.6 Å². The van der Waals surface area contributed by atoms with Gasteiger partial charge in [-0.05, 0) is 57.0 Å². The van der Waals surface area contributed by atoms with Gasteiger partial charge >= 0.3 is 5.97 Å². The minimum Gasteiger partial charge on any atom is -0.480 e. The molecule has 0 saturated heterocycles. The lowest BCUT2D eigenvalue weighted by Gasteiger charge is -2.25. The van der Waals surface area contributed by atoms with Gasteiger partial charge in [0.1, 0.15) is 18.1 Å². The van der Waals surface area contributed by atoms with Crippen LogP contribution >= 0.6 is 11.8 Å². The first-order valence-corrected chi connectivity index (χ1v) is 14.7. The first kappa shape index (κ1) is 38.0. The fourth-order valence-corrected chi connectivity index (χ4v) is 3.99. The number of thioether (sulfide) groups is 1. The number of nitrogens with zero attached hydrogens (tertiary/aromatic N) is 3. The molecule has 18 N–H and O–H groups in total. The molecule has 0 aromatic heterocycles. The second-order valence-corrected chi connectivity index (χ2v) is 10.2. The van der Waals surface area contributed by atoms with Gasteiger partial charge in [-0.1, -0.05) is 0 Å². The van der Waals surface area contributed by atoms with Crippen LogP contribution in [0.2, 0.25) is 0 Å². The summed E-state index contributed by atoms with van der Waals surface area (Å²) in [4.78, 5) is 62.5. The summed E-state index contributed by atoms with van der Waals surface area (Å²) in [7, 11) is 0. The summed E-state index contributed by atoms with van der Waals surface area (Å²) >= 11 is 1.52. The molecule has 0 fully saturated rings. The highest BCUT2D eigenvalue weighted by Crippen LogP contribution is 2.07. The average Bonchev–Trinajstić information content (AvgIpc) is 2.91. The van der Waals surface area contributed by atoms with Crippen molar-refractivity contribution < 1.29 is 24.3 Å². The molecule has 42 heavy (non-hydrogen) atoms. The topological polar surface area (TPSA) is 344 Å². The number of carboxylic acid groups (broad SMARTS) is 1. The van der Waals surface area contributed by atoms with Crippen LogP contribution < -0.4 is 56.1 Å². The maximum absolute atomic E-state index is 13.3. The van der Waals surface area contributed by atoms with Gasteiger partial charge < -0.3 is 61.2 Å². The SMILES string of the molecule is CSCCC(N)C(=O)NC(CCCN=C(N)N)C(=O)NC(CCCN=C(N)N)C(=O)NC(CCCN=C(N)N)C(=O)O. The predicted octanol–water partition coefficient (Wildman–Crippen LogP) is -4.23. The molecule has 3 amide bonds. The Morgan fingerprint density at radius 3 is 1.36 bits per heavy atom. The second kappa shape index (κ2) is 21.7. The van der Waals surface area contributed by atoms with Crippen molar-refractivity contribution in [2.24, 2.45) is 55.1 Å². The van der Waals surface area contributed by atoms with Crippen LogP contribution in [0, 0.1) is 0 Å². The molecule has 0 aliphatic rings. The summed E-state index contributed by atoms with van der Waals surface area (Å²) in [5, 5.41) is 17.3. The molecule has 0 bridgehead atoms. The molecule has 0 radical (unpaired) electrons. The number of carbonyl (C=O) groups is 4. The Morgan fingerprint density at radius 1 is 0.643 bits per heavy atom. The summed E-state index contributed by atoms with van der Waals surface area (Å²) < 4.78 is 0. The molecular weight excluding hydrogens is 570 g/mol. The number of amides is 3. The lowest BCUT2D eigenvalue weighted by molar-refractivity contribution is -0.142. The summed E-state index contributed by atoms with van der Waals surface area (Å²) in [6.07, 6.45) is 3.38. The fourth-order valence-electron chi connectivity index (χ4n) is 3.51. The molecule has 0 aromatic carbocycles. The smallest absolute Gasteiger partial charge is 0.326 e. The molecule has 0 saturated carbocycles. The third kappa shape index (κ3) is 18.4. The zero-order chi connectivity index (χ0) is 32.1. The number of guanidine groups is 3. The van der Waals surface area contributed by atoms with Crippen LogP contribution in [-0.4, -0.2) is 102 Å². The number of rotatable bonds is 22. The van der Waals surface area contributed by atoms with Gasteiger partial charge in [0.15, 0.2) is 17.9 Å². The highest BCUT2D eigenvalue weighted by Gasteiger charge is 2.30. The Labute approximate surface area is 249 Å². The first-order chi connectivity index (χ1) is 19.8. The van der Waals surface area contributed by atoms with Crippen molar-refractivity contribution in [2.75, 3.05) is 31.6 Å². The van der Waals surface area contributed by atoms with E-state index in [1.54, 1.807) is 0 Å². The number of aliphatic imine (C=N–C) groups is 3. The molecule has 0 spiro atoms. The first-order valence-electron chi connectivity index (χ1n) is 13.3. The lowest BCUT2D eigenvalue weighted by atomic mass is 10.1. The Kier molecular flexibility index (Phi) is 19.6. The normalized spacial score (nSPS) is 13.4. The number of carboxylic acids is 1. The monoisotopic (exact) mass is 617 g/mol. The zero-order valence-corrected chi connectivity index (χ0v) is 24.8. The fraction of sp³-hybridized carbons (Fsp3) is 0.696. The third-order valence-corrected chi connectivity index (χ3v) is 6.33. The molecule has 240 valence electrons. The minimum atomic E-state index is -1.28. The Balaban J connectivity index is 5.75. The van der Waals surface area contributed by atoms with Gasteiger partial charge in [-0.2, -0.15) is 11.8 Å². The number of nitrogens with one attached hydrogen (secondary N) is 3. The quantitative estimate of drug-likeness (QED) is 0.0312. The second-order valence-electron chi connectivity index (χ2n) is 9.26. The molecule has 4 atom stereocenters. The highest BCUT2D eigenvalue weighted by atomic mass is 32.2. The maximum Gasteiger partial charge on any atom is 0.326 e. The van der Waals surface area contributed by atoms with E-state index in [-0.39, 0.29) is 69.6 Å². The largest absolute Gasteiger partial charge is 0.480 e. The van der Waals surface area contributed by atoms with Crippen molar-refractivity contribution in [3.05, 3.63) is 0 Å². The Bertz CT molecular complexity index is 951. The van der Waals surface area contributed by atoms with Crippen LogP contribution in [0.4, 0.5) is 0 Å². The standard InChI is InChI=1S/C23H47N13O5S/c1-42-12-8-13(24)17(37)34-14(5-2-9-31-21(25)26)18(38)35-15(6-3-10-32-22(27)28)19(39)36-16(20(40)41)7-4-11-33-23(29)30/h13-16H,2-12,24H2,1H3,(H,34,37)(H,35,38)(H,36,39)(H,40,41)(H4,25,26,31)(H4,27,28,32)(H4,29,30,33). The van der Waals surface area contributed by atoms with E-state index in [9.17, 15) is 24.3 Å². The van der Waals surface area contributed by atoms with Crippen LogP contribution in [0.15, 0.2) is 15.0 Å². The molecule has 0 aliphatic heterocycles. The van der Waals surface area contributed by atoms with E-state index >= 15 is 0 Å². The number of carbonyl (C=O) groups excluding carboxylic acids is 3. The lowest BCUT2D eigenvalue weighted by Crippen LogP contribution is -2.57. The van der Waals surface area contributed by atoms with Crippen LogP contribution in [0.5, 0.6) is 0 Å².